The van der Waals surface area contributed by atoms with Crippen LogP contribution < -0.4 is 14.8 Å². The van der Waals surface area contributed by atoms with Gasteiger partial charge < -0.3 is 14.8 Å². The Morgan fingerprint density at radius 1 is 1.25 bits per heavy atom. The van der Waals surface area contributed by atoms with E-state index in [0.29, 0.717) is 0 Å². The van der Waals surface area contributed by atoms with Gasteiger partial charge in [-0.15, -0.1) is 5.10 Å². The van der Waals surface area contributed by atoms with Crippen LogP contribution in [0.5, 0.6) is 11.5 Å². The number of nitrogens with zero attached hydrogens (tertiary/aromatic N) is 3. The van der Waals surface area contributed by atoms with Crippen molar-refractivity contribution in [1.82, 2.24) is 20.3 Å². The Kier molecular flexibility index (Phi) is 5.37. The molecule has 0 saturated carbocycles. The summed E-state index contributed by atoms with van der Waals surface area (Å²) in [6.07, 6.45) is 4.55. The highest BCUT2D eigenvalue weighted by molar-refractivity contribution is 5.46. The Hall–Kier alpha value is -2.08. The Balaban J connectivity index is 1.79. The van der Waals surface area contributed by atoms with Gasteiger partial charge in [0.25, 0.3) is 0 Å². The van der Waals surface area contributed by atoms with Crippen molar-refractivity contribution in [2.24, 2.45) is 0 Å². The summed E-state index contributed by atoms with van der Waals surface area (Å²) in [7, 11) is 3.30. The number of benzene rings is 1. The quantitative estimate of drug-likeness (QED) is 0.740. The molecule has 0 aliphatic carbocycles. The summed E-state index contributed by atoms with van der Waals surface area (Å²) in [4.78, 5) is 0. The van der Waals surface area contributed by atoms with Crippen molar-refractivity contribution in [3.05, 3.63) is 36.2 Å². The number of hydrogen-bond donors (Lipinski definition) is 1. The predicted octanol–water partition coefficient (Wildman–Crippen LogP) is 1.48. The van der Waals surface area contributed by atoms with Gasteiger partial charge in [0.2, 0.25) is 0 Å². The van der Waals surface area contributed by atoms with Crippen molar-refractivity contribution in [3.63, 3.8) is 0 Å². The molecule has 6 nitrogen and oxygen atoms in total. The molecule has 0 radical (unpaired) electrons. The van der Waals surface area contributed by atoms with E-state index < -0.39 is 0 Å². The fourth-order valence-corrected chi connectivity index (χ4v) is 2.03. The summed E-state index contributed by atoms with van der Waals surface area (Å²) in [6.45, 7) is 2.51. The van der Waals surface area contributed by atoms with Gasteiger partial charge in [-0.3, -0.25) is 4.68 Å². The minimum Gasteiger partial charge on any atom is -0.493 e. The van der Waals surface area contributed by atoms with Gasteiger partial charge in [-0.1, -0.05) is 17.3 Å². The minimum atomic E-state index is 0.748. The Labute approximate surface area is 118 Å². The zero-order valence-corrected chi connectivity index (χ0v) is 11.9. The molecule has 0 saturated heterocycles. The van der Waals surface area contributed by atoms with Crippen LogP contribution in [0.25, 0.3) is 0 Å². The molecule has 108 valence electrons. The highest BCUT2D eigenvalue weighted by atomic mass is 16.5. The van der Waals surface area contributed by atoms with E-state index in [1.807, 2.05) is 29.1 Å². The molecule has 0 fully saturated rings. The van der Waals surface area contributed by atoms with Gasteiger partial charge in [0.1, 0.15) is 0 Å². The summed E-state index contributed by atoms with van der Waals surface area (Å²) in [5.41, 5.74) is 1.09. The van der Waals surface area contributed by atoms with Gasteiger partial charge >= 0.3 is 0 Å². The van der Waals surface area contributed by atoms with Crippen LogP contribution in [0, 0.1) is 0 Å². The molecule has 0 unspecified atom stereocenters. The summed E-state index contributed by atoms with van der Waals surface area (Å²) < 4.78 is 12.5. The van der Waals surface area contributed by atoms with E-state index in [4.69, 9.17) is 9.47 Å². The first-order valence-corrected chi connectivity index (χ1v) is 6.60. The molecular weight excluding hydrogens is 256 g/mol. The van der Waals surface area contributed by atoms with Gasteiger partial charge in [0, 0.05) is 24.8 Å². The van der Waals surface area contributed by atoms with E-state index in [9.17, 15) is 0 Å². The maximum Gasteiger partial charge on any atom is 0.165 e. The average Bonchev–Trinajstić information content (AvgIpc) is 2.99. The SMILES string of the molecule is COc1cccc(CNCCCn2ccnn2)c1OC. The van der Waals surface area contributed by atoms with E-state index in [2.05, 4.69) is 15.6 Å². The standard InChI is InChI=1S/C14H20N4O2/c1-19-13-6-3-5-12(14(13)20-2)11-15-7-4-9-18-10-8-16-17-18/h3,5-6,8,10,15H,4,7,9,11H2,1-2H3. The molecule has 20 heavy (non-hydrogen) atoms. The van der Waals surface area contributed by atoms with Crippen molar-refractivity contribution in [2.45, 2.75) is 19.5 Å². The zero-order valence-electron chi connectivity index (χ0n) is 11.9. The van der Waals surface area contributed by atoms with Gasteiger partial charge in [-0.05, 0) is 19.0 Å². The summed E-state index contributed by atoms with van der Waals surface area (Å²) in [6, 6.07) is 5.90. The first-order valence-electron chi connectivity index (χ1n) is 6.60. The molecule has 2 aromatic rings. The molecule has 1 aromatic heterocycles. The molecule has 0 aliphatic rings. The Morgan fingerprint density at radius 3 is 2.85 bits per heavy atom. The third kappa shape index (κ3) is 3.71. The van der Waals surface area contributed by atoms with Crippen molar-refractivity contribution >= 4 is 0 Å². The fourth-order valence-electron chi connectivity index (χ4n) is 2.03. The van der Waals surface area contributed by atoms with Crippen LogP contribution >= 0.6 is 0 Å². The number of rotatable bonds is 8. The van der Waals surface area contributed by atoms with Crippen LogP contribution in [-0.4, -0.2) is 35.8 Å². The molecular formula is C14H20N4O2. The van der Waals surface area contributed by atoms with Crippen LogP contribution in [0.15, 0.2) is 30.6 Å². The van der Waals surface area contributed by atoms with Crippen LogP contribution in [0.3, 0.4) is 0 Å². The third-order valence-corrected chi connectivity index (χ3v) is 3.01. The second kappa shape index (κ2) is 7.49. The molecule has 1 heterocycles. The number of aromatic nitrogens is 3. The lowest BCUT2D eigenvalue weighted by molar-refractivity contribution is 0.350. The normalized spacial score (nSPS) is 10.5. The van der Waals surface area contributed by atoms with Crippen molar-refractivity contribution in [3.8, 4) is 11.5 Å². The molecule has 0 spiro atoms. The van der Waals surface area contributed by atoms with Crippen molar-refractivity contribution < 1.29 is 9.47 Å². The van der Waals surface area contributed by atoms with E-state index in [1.165, 1.54) is 0 Å². The highest BCUT2D eigenvalue weighted by Crippen LogP contribution is 2.30. The minimum absolute atomic E-state index is 0.748. The largest absolute Gasteiger partial charge is 0.493 e. The second-order valence-corrected chi connectivity index (χ2v) is 4.35. The highest BCUT2D eigenvalue weighted by Gasteiger charge is 2.08. The first-order chi connectivity index (χ1) is 9.85. The van der Waals surface area contributed by atoms with E-state index in [0.717, 1.165) is 43.1 Å². The lowest BCUT2D eigenvalue weighted by Crippen LogP contribution is -2.17. The number of para-hydroxylation sites is 1. The molecule has 0 amide bonds. The van der Waals surface area contributed by atoms with E-state index in [-0.39, 0.29) is 0 Å². The molecule has 1 aromatic carbocycles. The number of nitrogens with one attached hydrogen (secondary N) is 1. The first kappa shape index (κ1) is 14.3. The molecule has 1 N–H and O–H groups in total. The third-order valence-electron chi connectivity index (χ3n) is 3.01. The topological polar surface area (TPSA) is 61.2 Å². The Bertz CT molecular complexity index is 514. The predicted molar refractivity (Wildman–Crippen MR) is 75.9 cm³/mol. The second-order valence-electron chi connectivity index (χ2n) is 4.35. The zero-order chi connectivity index (χ0) is 14.2. The van der Waals surface area contributed by atoms with Crippen LogP contribution in [0.2, 0.25) is 0 Å². The summed E-state index contributed by atoms with van der Waals surface area (Å²) >= 11 is 0. The number of aryl methyl sites for hydroxylation is 1. The van der Waals surface area contributed by atoms with Gasteiger partial charge in [0.15, 0.2) is 11.5 Å². The lowest BCUT2D eigenvalue weighted by atomic mass is 10.2. The monoisotopic (exact) mass is 276 g/mol. The molecule has 2 rings (SSSR count). The Morgan fingerprint density at radius 2 is 2.15 bits per heavy atom. The number of methoxy groups -OCH3 is 2. The smallest absolute Gasteiger partial charge is 0.165 e. The molecule has 0 atom stereocenters. The maximum absolute atomic E-state index is 5.40. The summed E-state index contributed by atoms with van der Waals surface area (Å²) in [5.74, 6) is 1.55. The fraction of sp³-hybridized carbons (Fsp3) is 0.429. The summed E-state index contributed by atoms with van der Waals surface area (Å²) in [5, 5.41) is 11.1. The lowest BCUT2D eigenvalue weighted by Gasteiger charge is -2.13. The van der Waals surface area contributed by atoms with Gasteiger partial charge in [0.05, 0.1) is 20.4 Å². The van der Waals surface area contributed by atoms with Gasteiger partial charge in [-0.2, -0.15) is 0 Å². The number of hydrogen-bond acceptors (Lipinski definition) is 5. The van der Waals surface area contributed by atoms with E-state index in [1.54, 1.807) is 20.4 Å². The van der Waals surface area contributed by atoms with Crippen LogP contribution in [0.1, 0.15) is 12.0 Å². The molecule has 0 bridgehead atoms. The average molecular weight is 276 g/mol. The maximum atomic E-state index is 5.40. The van der Waals surface area contributed by atoms with Crippen molar-refractivity contribution in [2.75, 3.05) is 20.8 Å². The number of ether oxygens (including phenoxy) is 2. The van der Waals surface area contributed by atoms with Crippen LogP contribution in [-0.2, 0) is 13.1 Å². The van der Waals surface area contributed by atoms with Gasteiger partial charge in [-0.25, -0.2) is 0 Å². The molecule has 0 aliphatic heterocycles. The molecule has 6 heteroatoms. The van der Waals surface area contributed by atoms with E-state index >= 15 is 0 Å². The van der Waals surface area contributed by atoms with Crippen LogP contribution in [0.4, 0.5) is 0 Å². The van der Waals surface area contributed by atoms with Crippen molar-refractivity contribution in [1.29, 1.82) is 0 Å².